The zero-order valence-electron chi connectivity index (χ0n) is 11.7. The number of carbonyl (C=O) groups excluding carboxylic acids is 2. The van der Waals surface area contributed by atoms with Gasteiger partial charge in [0.25, 0.3) is 0 Å². The third-order valence-electron chi connectivity index (χ3n) is 2.68. The van der Waals surface area contributed by atoms with E-state index in [1.54, 1.807) is 0 Å². The molecule has 0 rings (SSSR count). The maximum atomic E-state index is 11.4. The van der Waals surface area contributed by atoms with Crippen LogP contribution >= 0.6 is 0 Å². The van der Waals surface area contributed by atoms with Crippen molar-refractivity contribution in [1.82, 2.24) is 5.32 Å². The Hall–Kier alpha value is -0.860. The summed E-state index contributed by atoms with van der Waals surface area (Å²) in [6.07, 6.45) is 4.01. The van der Waals surface area contributed by atoms with E-state index in [1.165, 1.54) is 0 Å². The van der Waals surface area contributed by atoms with Gasteiger partial charge in [-0.3, -0.25) is 9.59 Å². The van der Waals surface area contributed by atoms with E-state index in [4.69, 9.17) is 0 Å². The maximum absolute atomic E-state index is 11.4. The molecule has 0 unspecified atom stereocenters. The number of unbranched alkanes of at least 4 members (excludes halogenated alkanes) is 2. The first-order chi connectivity index (χ1) is 7.93. The number of Topliss-reactive ketones (excluding diaryl/α,β-unsaturated/α-hetero) is 1. The normalized spacial score (nSPS) is 10.9. The maximum Gasteiger partial charge on any atom is 0.220 e. The molecule has 3 heteroatoms. The lowest BCUT2D eigenvalue weighted by Crippen LogP contribution is -2.26. The van der Waals surface area contributed by atoms with Crippen LogP contribution in [-0.2, 0) is 9.59 Å². The summed E-state index contributed by atoms with van der Waals surface area (Å²) in [5.74, 6) is 1.11. The Morgan fingerprint density at radius 3 is 2.06 bits per heavy atom. The number of hydrogen-bond acceptors (Lipinski definition) is 2. The molecule has 0 bridgehead atoms. The Kier molecular flexibility index (Phi) is 8.73. The molecule has 1 N–H and O–H groups in total. The smallest absolute Gasteiger partial charge is 0.220 e. The van der Waals surface area contributed by atoms with Gasteiger partial charge < -0.3 is 5.32 Å². The van der Waals surface area contributed by atoms with Crippen LogP contribution in [0.25, 0.3) is 0 Å². The number of hydrogen-bond donors (Lipinski definition) is 1. The van der Waals surface area contributed by atoms with Gasteiger partial charge in [-0.05, 0) is 18.8 Å². The Morgan fingerprint density at radius 1 is 0.941 bits per heavy atom. The topological polar surface area (TPSA) is 46.2 Å². The fourth-order valence-electron chi connectivity index (χ4n) is 1.46. The van der Waals surface area contributed by atoms with Crippen LogP contribution in [0.1, 0.15) is 59.8 Å². The van der Waals surface area contributed by atoms with Crippen molar-refractivity contribution in [3.05, 3.63) is 0 Å². The molecule has 0 aromatic carbocycles. The molecule has 100 valence electrons. The molecule has 0 atom stereocenters. The first-order valence-corrected chi connectivity index (χ1v) is 6.73. The minimum Gasteiger partial charge on any atom is -0.356 e. The molecule has 0 spiro atoms. The van der Waals surface area contributed by atoms with Crippen molar-refractivity contribution in [2.75, 3.05) is 6.54 Å². The van der Waals surface area contributed by atoms with Gasteiger partial charge >= 0.3 is 0 Å². The molecule has 17 heavy (non-hydrogen) atoms. The van der Waals surface area contributed by atoms with Crippen LogP contribution < -0.4 is 5.32 Å². The molecule has 0 aliphatic rings. The number of nitrogens with one attached hydrogen (secondary N) is 1. The molecule has 0 fully saturated rings. The number of ketones is 1. The summed E-state index contributed by atoms with van der Waals surface area (Å²) >= 11 is 0. The molecule has 1 amide bonds. The van der Waals surface area contributed by atoms with Crippen molar-refractivity contribution >= 4 is 11.7 Å². The Labute approximate surface area is 105 Å². The highest BCUT2D eigenvalue weighted by Crippen LogP contribution is 2.07. The number of amides is 1. The van der Waals surface area contributed by atoms with Crippen LogP contribution in [0.4, 0.5) is 0 Å². The molecule has 0 saturated heterocycles. The quantitative estimate of drug-likeness (QED) is 0.631. The average molecular weight is 241 g/mol. The van der Waals surface area contributed by atoms with Crippen molar-refractivity contribution in [3.8, 4) is 0 Å². The predicted molar refractivity (Wildman–Crippen MR) is 70.8 cm³/mol. The Balaban J connectivity index is 3.39. The van der Waals surface area contributed by atoms with E-state index >= 15 is 0 Å². The number of rotatable bonds is 9. The minimum absolute atomic E-state index is 0.133. The van der Waals surface area contributed by atoms with Crippen molar-refractivity contribution < 1.29 is 9.59 Å². The van der Waals surface area contributed by atoms with Crippen molar-refractivity contribution in [1.29, 1.82) is 0 Å². The molecule has 0 heterocycles. The molecular formula is C14H27NO2. The van der Waals surface area contributed by atoms with Crippen LogP contribution in [0.15, 0.2) is 0 Å². The molecule has 0 radical (unpaired) electrons. The van der Waals surface area contributed by atoms with Crippen LogP contribution in [0.5, 0.6) is 0 Å². The highest BCUT2D eigenvalue weighted by molar-refractivity contribution is 5.80. The van der Waals surface area contributed by atoms with Gasteiger partial charge in [-0.15, -0.1) is 0 Å². The molecule has 3 nitrogen and oxygen atoms in total. The molecule has 0 aliphatic heterocycles. The molecule has 0 aromatic rings. The first-order valence-electron chi connectivity index (χ1n) is 6.73. The van der Waals surface area contributed by atoms with E-state index in [0.29, 0.717) is 24.5 Å². The molecule has 0 aliphatic carbocycles. The van der Waals surface area contributed by atoms with E-state index in [2.05, 4.69) is 19.2 Å². The fourth-order valence-corrected chi connectivity index (χ4v) is 1.46. The third kappa shape index (κ3) is 10.0. The van der Waals surface area contributed by atoms with E-state index < -0.39 is 0 Å². The lowest BCUT2D eigenvalue weighted by atomic mass is 10.0. The largest absolute Gasteiger partial charge is 0.356 e. The first kappa shape index (κ1) is 16.1. The van der Waals surface area contributed by atoms with Gasteiger partial charge in [-0.1, -0.05) is 34.1 Å². The highest BCUT2D eigenvalue weighted by Gasteiger charge is 2.06. The second kappa shape index (κ2) is 9.20. The summed E-state index contributed by atoms with van der Waals surface area (Å²) in [6.45, 7) is 8.78. The zero-order valence-corrected chi connectivity index (χ0v) is 11.7. The number of carbonyl (C=O) groups is 2. The van der Waals surface area contributed by atoms with Crippen molar-refractivity contribution in [3.63, 3.8) is 0 Å². The molecular weight excluding hydrogens is 214 g/mol. The lowest BCUT2D eigenvalue weighted by molar-refractivity contribution is -0.122. The van der Waals surface area contributed by atoms with Gasteiger partial charge in [0.2, 0.25) is 5.91 Å². The van der Waals surface area contributed by atoms with Gasteiger partial charge in [-0.2, -0.15) is 0 Å². The van der Waals surface area contributed by atoms with E-state index in [9.17, 15) is 9.59 Å². The Bertz CT molecular complexity index is 234. The average Bonchev–Trinajstić information content (AvgIpc) is 2.25. The van der Waals surface area contributed by atoms with Crippen LogP contribution in [0.3, 0.4) is 0 Å². The fraction of sp³-hybridized carbons (Fsp3) is 0.857. The monoisotopic (exact) mass is 241 g/mol. The summed E-state index contributed by atoms with van der Waals surface area (Å²) in [6, 6.07) is 0. The summed E-state index contributed by atoms with van der Waals surface area (Å²) < 4.78 is 0. The third-order valence-corrected chi connectivity index (χ3v) is 2.68. The van der Waals surface area contributed by atoms with E-state index in [1.807, 2.05) is 13.8 Å². The van der Waals surface area contributed by atoms with Crippen LogP contribution in [-0.4, -0.2) is 18.2 Å². The van der Waals surface area contributed by atoms with Crippen molar-refractivity contribution in [2.45, 2.75) is 59.8 Å². The highest BCUT2D eigenvalue weighted by atomic mass is 16.1. The zero-order chi connectivity index (χ0) is 13.3. The second-order valence-electron chi connectivity index (χ2n) is 5.38. The molecule has 0 saturated carbocycles. The van der Waals surface area contributed by atoms with Crippen molar-refractivity contribution in [2.24, 2.45) is 11.8 Å². The van der Waals surface area contributed by atoms with Gasteiger partial charge in [0, 0.05) is 25.3 Å². The summed E-state index contributed by atoms with van der Waals surface area (Å²) in [7, 11) is 0. The molecule has 0 aromatic heterocycles. The van der Waals surface area contributed by atoms with Gasteiger partial charge in [-0.25, -0.2) is 0 Å². The Morgan fingerprint density at radius 2 is 1.53 bits per heavy atom. The summed E-state index contributed by atoms with van der Waals surface area (Å²) in [4.78, 5) is 22.7. The van der Waals surface area contributed by atoms with Crippen LogP contribution in [0.2, 0.25) is 0 Å². The standard InChI is InChI=1S/C14H27NO2/c1-11(2)10-15-14(17)9-7-5-6-8-13(16)12(3)4/h11-12H,5-10H2,1-4H3,(H,15,17). The van der Waals surface area contributed by atoms with E-state index in [0.717, 1.165) is 25.8 Å². The van der Waals surface area contributed by atoms with Gasteiger partial charge in [0.1, 0.15) is 5.78 Å². The lowest BCUT2D eigenvalue weighted by Gasteiger charge is -2.07. The van der Waals surface area contributed by atoms with Crippen LogP contribution in [0, 0.1) is 11.8 Å². The van der Waals surface area contributed by atoms with E-state index in [-0.39, 0.29) is 11.8 Å². The summed E-state index contributed by atoms with van der Waals surface area (Å²) in [5, 5.41) is 2.89. The van der Waals surface area contributed by atoms with Gasteiger partial charge in [0.15, 0.2) is 0 Å². The second-order valence-corrected chi connectivity index (χ2v) is 5.38. The van der Waals surface area contributed by atoms with Gasteiger partial charge in [0.05, 0.1) is 0 Å². The predicted octanol–water partition coefficient (Wildman–Crippen LogP) is 2.93. The summed E-state index contributed by atoms with van der Waals surface area (Å²) in [5.41, 5.74) is 0. The SMILES string of the molecule is CC(C)CNC(=O)CCCCCC(=O)C(C)C. The minimum atomic E-state index is 0.133.